The molecule has 0 aliphatic heterocycles. The highest BCUT2D eigenvalue weighted by Gasteiger charge is 2.22. The molecule has 11 heterocycles. The number of nitrogens with zero attached hydrogens (tertiary/aromatic N) is 10. The second-order valence-corrected chi connectivity index (χ2v) is 30.6. The third kappa shape index (κ3) is 13.0. The molecule has 0 saturated carbocycles. The number of hydrogen-bond acceptors (Lipinski definition) is 6. The molecule has 3 N–H and O–H groups in total. The fourth-order valence-electron chi connectivity index (χ4n) is 17.6. The number of carboxylic acids is 1. The van der Waals surface area contributed by atoms with E-state index in [9.17, 15) is 15.0 Å². The van der Waals surface area contributed by atoms with Gasteiger partial charge >= 0.3 is 5.97 Å². The third-order valence-electron chi connectivity index (χ3n) is 22.8. The van der Waals surface area contributed by atoms with E-state index in [1.165, 1.54) is 87.0 Å². The molecule has 0 spiro atoms. The van der Waals surface area contributed by atoms with E-state index in [0.717, 1.165) is 106 Å². The number of fused-ring (bicyclic) bond motifs is 21. The van der Waals surface area contributed by atoms with Gasteiger partial charge in [-0.3, -0.25) is 27.4 Å². The first-order valence-electron chi connectivity index (χ1n) is 40.2. The molecule has 14 nitrogen and oxygen atoms in total. The number of carboxylic acid groups (broad SMARTS) is 1. The first-order valence-corrected chi connectivity index (χ1v) is 40.9. The molecule has 0 radical (unpaired) electrons. The van der Waals surface area contributed by atoms with Crippen LogP contribution in [-0.2, 0) is 6.61 Å². The Hall–Kier alpha value is -15.7. The standard InChI is InChI=1S/C30H19N3O2.C30H21N3O.C29H19N3.C12H9N.C5H3Cl2N/c34-30(35)19-16-17-27-23(18-19)22-10-3-6-13-26(22)33(27)29-15-7-14-28(31-29)32-24-11-4-1-8-20(24)21-9-2-5-12-25(21)32;34-19-20-16-17-28-24(18-20)23-10-3-6-13-27(23)33(28)30-15-7-14-29(31-30)32-25-11-4-1-8-21(25)22-9-2-5-12-26(22)32;1-5-14-24-20(10-1)21-11-2-6-15-25(21)31(24)28-18-9-19-29(30-28)32-26-16-7-3-12-22(26)23-13-4-8-17-27(23)32;1-3-7-11-9(5-1)10-6-2-4-8-12(10)13-11;6-4-2-1-3-5(7)8-4/h1-18H,(H,34,35);1-18,34H,19H2;1-19H;1-8,13H;1-3H. The van der Waals surface area contributed by atoms with Crippen LogP contribution in [0.2, 0.25) is 10.3 Å². The topological polar surface area (TPSA) is 154 Å². The molecule has 582 valence electrons. The number of rotatable bonds is 8. The highest BCUT2D eigenvalue weighted by molar-refractivity contribution is 6.32. The van der Waals surface area contributed by atoms with Crippen LogP contribution in [0.4, 0.5) is 0 Å². The van der Waals surface area contributed by atoms with Gasteiger partial charge in [-0.1, -0.05) is 272 Å². The Bertz CT molecular complexity index is 7980. The van der Waals surface area contributed by atoms with E-state index in [1.54, 1.807) is 30.3 Å². The van der Waals surface area contributed by atoms with Crippen LogP contribution in [0.5, 0.6) is 0 Å². The van der Waals surface area contributed by atoms with Crippen molar-refractivity contribution < 1.29 is 15.0 Å². The molecular weight excluding hydrogens is 1550 g/mol. The second kappa shape index (κ2) is 31.3. The van der Waals surface area contributed by atoms with E-state index in [4.69, 9.17) is 38.2 Å². The molecule has 16 heteroatoms. The van der Waals surface area contributed by atoms with E-state index < -0.39 is 5.97 Å². The van der Waals surface area contributed by atoms with Gasteiger partial charge in [0, 0.05) is 86.4 Å². The van der Waals surface area contributed by atoms with Crippen molar-refractivity contribution >= 4 is 182 Å². The van der Waals surface area contributed by atoms with Gasteiger partial charge in [0.05, 0.1) is 78.4 Å². The molecule has 0 aliphatic rings. The average molecular weight is 1620 g/mol. The fourth-order valence-corrected chi connectivity index (χ4v) is 17.9. The summed E-state index contributed by atoms with van der Waals surface area (Å²) in [5.41, 5.74) is 16.8. The molecule has 11 aromatic heterocycles. The summed E-state index contributed by atoms with van der Waals surface area (Å²) in [6.45, 7) is 0.0248. The van der Waals surface area contributed by atoms with E-state index >= 15 is 0 Å². The number of aromatic carboxylic acids is 1. The van der Waals surface area contributed by atoms with Crippen molar-refractivity contribution in [3.63, 3.8) is 0 Å². The van der Waals surface area contributed by atoms with Gasteiger partial charge in [-0.15, -0.1) is 0 Å². The number of aromatic amines is 1. The number of benzene rings is 14. The number of aliphatic hydroxyl groups excluding tert-OH is 1. The van der Waals surface area contributed by atoms with Crippen LogP contribution in [0.15, 0.2) is 400 Å². The zero-order chi connectivity index (χ0) is 81.9. The molecule has 14 aromatic carbocycles. The summed E-state index contributed by atoms with van der Waals surface area (Å²) in [5, 5.41) is 36.6. The summed E-state index contributed by atoms with van der Waals surface area (Å²) >= 11 is 10.9. The summed E-state index contributed by atoms with van der Waals surface area (Å²) in [4.78, 5) is 34.2. The maximum absolute atomic E-state index is 11.6. The van der Waals surface area contributed by atoms with Gasteiger partial charge in [-0.05, 0) is 157 Å². The first-order chi connectivity index (χ1) is 60.2. The lowest BCUT2D eigenvalue weighted by atomic mass is 10.1. The van der Waals surface area contributed by atoms with Gasteiger partial charge in [-0.2, -0.15) is 0 Å². The number of carbonyl (C=O) groups is 1. The van der Waals surface area contributed by atoms with Gasteiger partial charge in [0.15, 0.2) is 0 Å². The SMILES string of the molecule is Clc1cccc(Cl)n1.O=C(O)c1ccc2c(c1)c1ccccc1n2-c1cccc(-n2c3ccccc3c3ccccc32)n1.OCc1ccc2c(c1)c1ccccc1n2-c1cccc(-n2c3ccccc3c3ccccc32)n1.c1cc(-n2c3ccccc3c3ccccc32)nc(-n2c3ccccc3c3ccccc32)c1.c1ccc2c(c1)[nH]c1ccccc12. The molecule has 0 bridgehead atoms. The number of H-pyrrole nitrogens is 1. The van der Waals surface area contributed by atoms with Crippen LogP contribution in [0.1, 0.15) is 15.9 Å². The number of halogens is 2. The van der Waals surface area contributed by atoms with Gasteiger partial charge in [0.2, 0.25) is 0 Å². The van der Waals surface area contributed by atoms with Gasteiger partial charge in [0.1, 0.15) is 45.2 Å². The van der Waals surface area contributed by atoms with E-state index in [2.05, 4.69) is 353 Å². The number of pyridine rings is 4. The quantitative estimate of drug-likeness (QED) is 0.128. The van der Waals surface area contributed by atoms with Crippen LogP contribution in [0.3, 0.4) is 0 Å². The van der Waals surface area contributed by atoms with Crippen molar-refractivity contribution in [2.75, 3.05) is 0 Å². The van der Waals surface area contributed by atoms with Crippen molar-refractivity contribution in [2.45, 2.75) is 6.61 Å². The lowest BCUT2D eigenvalue weighted by Crippen LogP contribution is -2.03. The molecule has 25 aromatic rings. The minimum absolute atomic E-state index is 0.0248. The predicted molar refractivity (Wildman–Crippen MR) is 502 cm³/mol. The monoisotopic (exact) mass is 1620 g/mol. The van der Waals surface area contributed by atoms with Gasteiger partial charge < -0.3 is 15.2 Å². The molecule has 0 fully saturated rings. The number of hydrogen-bond donors (Lipinski definition) is 3. The third-order valence-corrected chi connectivity index (χ3v) is 23.2. The summed E-state index contributed by atoms with van der Waals surface area (Å²) in [7, 11) is 0. The number of nitrogens with one attached hydrogen (secondary N) is 1. The van der Waals surface area contributed by atoms with Crippen LogP contribution in [-0.4, -0.2) is 68.5 Å². The van der Waals surface area contributed by atoms with Crippen molar-refractivity contribution in [2.24, 2.45) is 0 Å². The van der Waals surface area contributed by atoms with Crippen LogP contribution >= 0.6 is 23.2 Å². The van der Waals surface area contributed by atoms with Crippen molar-refractivity contribution in [3.05, 3.63) is 422 Å². The molecular formula is C106H71Cl2N11O3. The molecule has 122 heavy (non-hydrogen) atoms. The summed E-state index contributed by atoms with van der Waals surface area (Å²) in [6.07, 6.45) is 0. The van der Waals surface area contributed by atoms with Crippen molar-refractivity contribution in [1.82, 2.24) is 52.3 Å². The lowest BCUT2D eigenvalue weighted by Gasteiger charge is -2.11. The van der Waals surface area contributed by atoms with Crippen LogP contribution in [0, 0.1) is 0 Å². The van der Waals surface area contributed by atoms with Gasteiger partial charge in [-0.25, -0.2) is 24.7 Å². The summed E-state index contributed by atoms with van der Waals surface area (Å²) in [5.74, 6) is 4.25. The number of aromatic nitrogens is 11. The summed E-state index contributed by atoms with van der Waals surface area (Å²) < 4.78 is 13.3. The first kappa shape index (κ1) is 73.9. The Morgan fingerprint density at radius 2 is 0.459 bits per heavy atom. The number of para-hydroxylation sites is 12. The largest absolute Gasteiger partial charge is 0.478 e. The average Bonchev–Trinajstić information content (AvgIpc) is 1.58. The van der Waals surface area contributed by atoms with Crippen molar-refractivity contribution in [1.29, 1.82) is 0 Å². The zero-order valence-electron chi connectivity index (χ0n) is 65.3. The fraction of sp³-hybridized carbons (Fsp3) is 0.00943. The minimum atomic E-state index is -0.935. The normalized spacial score (nSPS) is 11.5. The molecule has 0 unspecified atom stereocenters. The summed E-state index contributed by atoms with van der Waals surface area (Å²) in [6, 6.07) is 136. The van der Waals surface area contributed by atoms with E-state index in [-0.39, 0.29) is 12.2 Å². The lowest BCUT2D eigenvalue weighted by molar-refractivity contribution is 0.0697. The highest BCUT2D eigenvalue weighted by atomic mass is 35.5. The maximum Gasteiger partial charge on any atom is 0.335 e. The van der Waals surface area contributed by atoms with E-state index in [0.29, 0.717) is 10.3 Å². The van der Waals surface area contributed by atoms with Crippen LogP contribution < -0.4 is 0 Å². The number of aliphatic hydroxyl groups is 1. The molecule has 0 aliphatic carbocycles. The maximum atomic E-state index is 11.6. The van der Waals surface area contributed by atoms with Gasteiger partial charge in [0.25, 0.3) is 0 Å². The van der Waals surface area contributed by atoms with Crippen LogP contribution in [0.25, 0.3) is 188 Å². The predicted octanol–water partition coefficient (Wildman–Crippen LogP) is 26.7. The Kier molecular flexibility index (Phi) is 19.0. The van der Waals surface area contributed by atoms with E-state index in [1.807, 2.05) is 54.6 Å². The Labute approximate surface area is 707 Å². The second-order valence-electron chi connectivity index (χ2n) is 29.8. The Morgan fingerprint density at radius 1 is 0.238 bits per heavy atom. The molecule has 0 atom stereocenters. The highest BCUT2D eigenvalue weighted by Crippen LogP contribution is 2.40. The molecule has 0 saturated heterocycles. The van der Waals surface area contributed by atoms with Crippen molar-refractivity contribution in [3.8, 4) is 34.9 Å². The zero-order valence-corrected chi connectivity index (χ0v) is 66.9. The Morgan fingerprint density at radius 3 is 0.713 bits per heavy atom. The molecule has 0 amide bonds. The Balaban J connectivity index is 0.000000100. The smallest absolute Gasteiger partial charge is 0.335 e. The molecule has 25 rings (SSSR count). The minimum Gasteiger partial charge on any atom is -0.478 e.